The minimum absolute atomic E-state index is 0.0287. The van der Waals surface area contributed by atoms with Gasteiger partial charge in [0.15, 0.2) is 0 Å². The largest absolute Gasteiger partial charge is 0.350 e. The monoisotopic (exact) mass is 478 g/mol. The van der Waals surface area contributed by atoms with Crippen LogP contribution in [-0.2, 0) is 16.1 Å². The topological polar surface area (TPSA) is 49.4 Å². The number of nitrogens with one attached hydrogen (secondary N) is 1. The molecule has 30 heavy (non-hydrogen) atoms. The molecule has 0 radical (unpaired) electrons. The number of rotatable bonds is 5. The highest BCUT2D eigenvalue weighted by atomic mass is 79.9. The number of para-hydroxylation sites is 1. The van der Waals surface area contributed by atoms with E-state index < -0.39 is 0 Å². The van der Waals surface area contributed by atoms with Gasteiger partial charge in [-0.25, -0.2) is 0 Å². The van der Waals surface area contributed by atoms with Gasteiger partial charge in [-0.2, -0.15) is 0 Å². The molecule has 0 saturated carbocycles. The summed E-state index contributed by atoms with van der Waals surface area (Å²) in [4.78, 5) is 28.9. The Morgan fingerprint density at radius 1 is 1.00 bits per heavy atom. The number of thioether (sulfide) groups is 1. The average molecular weight is 479 g/mol. The quantitative estimate of drug-likeness (QED) is 0.509. The number of nitrogens with zero attached hydrogens (tertiary/aromatic N) is 1. The fourth-order valence-corrected chi connectivity index (χ4v) is 4.64. The van der Waals surface area contributed by atoms with Crippen LogP contribution in [0.25, 0.3) is 6.08 Å². The lowest BCUT2D eigenvalue weighted by molar-refractivity contribution is -0.122. The highest BCUT2D eigenvalue weighted by Crippen LogP contribution is 2.41. The van der Waals surface area contributed by atoms with Crippen LogP contribution in [0.4, 0.5) is 5.69 Å². The Hall–Kier alpha value is -2.83. The second-order valence-electron chi connectivity index (χ2n) is 6.79. The summed E-state index contributed by atoms with van der Waals surface area (Å²) in [6.07, 6.45) is 1.86. The summed E-state index contributed by atoms with van der Waals surface area (Å²) in [5, 5.41) is 2.90. The molecule has 0 unspecified atom stereocenters. The van der Waals surface area contributed by atoms with E-state index in [1.54, 1.807) is 4.90 Å². The van der Waals surface area contributed by atoms with Crippen molar-refractivity contribution in [1.29, 1.82) is 0 Å². The number of hydrogen-bond acceptors (Lipinski definition) is 3. The lowest BCUT2D eigenvalue weighted by Crippen LogP contribution is -2.42. The number of anilines is 1. The number of carbonyl (C=O) groups is 2. The Bertz CT molecular complexity index is 1110. The molecule has 4 rings (SSSR count). The van der Waals surface area contributed by atoms with Gasteiger partial charge in [-0.05, 0) is 41.5 Å². The molecule has 0 aromatic heterocycles. The summed E-state index contributed by atoms with van der Waals surface area (Å²) in [5.41, 5.74) is 2.70. The van der Waals surface area contributed by atoms with Gasteiger partial charge in [-0.15, -0.1) is 0 Å². The van der Waals surface area contributed by atoms with Gasteiger partial charge in [0, 0.05) is 15.9 Å². The van der Waals surface area contributed by atoms with Gasteiger partial charge in [0.1, 0.15) is 6.54 Å². The zero-order chi connectivity index (χ0) is 20.9. The summed E-state index contributed by atoms with van der Waals surface area (Å²) in [6.45, 7) is 0.401. The summed E-state index contributed by atoms with van der Waals surface area (Å²) >= 11 is 4.89. The van der Waals surface area contributed by atoms with Crippen molar-refractivity contribution in [2.45, 2.75) is 11.4 Å². The Labute approximate surface area is 188 Å². The van der Waals surface area contributed by atoms with Crippen LogP contribution in [0.15, 0.2) is 93.1 Å². The van der Waals surface area contributed by atoms with E-state index in [0.717, 1.165) is 26.2 Å². The van der Waals surface area contributed by atoms with Crippen LogP contribution in [0.5, 0.6) is 0 Å². The van der Waals surface area contributed by atoms with Crippen LogP contribution in [0.1, 0.15) is 11.1 Å². The van der Waals surface area contributed by atoms with Crippen LogP contribution in [-0.4, -0.2) is 18.4 Å². The van der Waals surface area contributed by atoms with E-state index in [-0.39, 0.29) is 18.4 Å². The normalized spacial score (nSPS) is 14.5. The molecule has 150 valence electrons. The SMILES string of the molecule is O=C(CN1C(=O)/C(=C\c2cccc(Br)c2)Sc2ccccc21)NCc1ccccc1. The molecule has 3 aromatic rings. The summed E-state index contributed by atoms with van der Waals surface area (Å²) in [6, 6.07) is 25.1. The van der Waals surface area contributed by atoms with Gasteiger partial charge in [-0.1, -0.05) is 82.3 Å². The number of benzene rings is 3. The molecule has 6 heteroatoms. The summed E-state index contributed by atoms with van der Waals surface area (Å²) in [7, 11) is 0. The first-order valence-electron chi connectivity index (χ1n) is 9.47. The van der Waals surface area contributed by atoms with Crippen LogP contribution >= 0.6 is 27.7 Å². The van der Waals surface area contributed by atoms with Crippen molar-refractivity contribution in [3.8, 4) is 0 Å². The van der Waals surface area contributed by atoms with Crippen molar-refractivity contribution in [2.75, 3.05) is 11.4 Å². The third-order valence-corrected chi connectivity index (χ3v) is 6.18. The summed E-state index contributed by atoms with van der Waals surface area (Å²) in [5.74, 6) is -0.371. The zero-order valence-electron chi connectivity index (χ0n) is 16.0. The van der Waals surface area contributed by atoms with Crippen molar-refractivity contribution in [1.82, 2.24) is 5.32 Å². The highest BCUT2D eigenvalue weighted by molar-refractivity contribution is 9.10. The van der Waals surface area contributed by atoms with Gasteiger partial charge in [0.25, 0.3) is 5.91 Å². The molecule has 1 heterocycles. The molecule has 1 aliphatic rings. The number of fused-ring (bicyclic) bond motifs is 1. The molecule has 2 amide bonds. The number of halogens is 1. The molecule has 0 spiro atoms. The Morgan fingerprint density at radius 2 is 1.77 bits per heavy atom. The molecule has 0 saturated heterocycles. The van der Waals surface area contributed by atoms with Crippen molar-refractivity contribution in [2.24, 2.45) is 0 Å². The maximum atomic E-state index is 13.2. The molecule has 3 aromatic carbocycles. The first kappa shape index (κ1) is 20.4. The first-order valence-corrected chi connectivity index (χ1v) is 11.1. The number of hydrogen-bond donors (Lipinski definition) is 1. The van der Waals surface area contributed by atoms with Crippen LogP contribution in [0.2, 0.25) is 0 Å². The standard InChI is InChI=1S/C24H19BrN2O2S/c25-19-10-6-9-18(13-19)14-22-24(29)27(20-11-4-5-12-21(20)30-22)16-23(28)26-15-17-7-2-1-3-8-17/h1-14H,15-16H2,(H,26,28)/b22-14+. The van der Waals surface area contributed by atoms with E-state index in [4.69, 9.17) is 0 Å². The maximum Gasteiger partial charge on any atom is 0.265 e. The van der Waals surface area contributed by atoms with Crippen molar-refractivity contribution in [3.63, 3.8) is 0 Å². The highest BCUT2D eigenvalue weighted by Gasteiger charge is 2.30. The van der Waals surface area contributed by atoms with Gasteiger partial charge in [-0.3, -0.25) is 14.5 Å². The minimum atomic E-state index is -0.198. The summed E-state index contributed by atoms with van der Waals surface area (Å²) < 4.78 is 0.947. The third-order valence-electron chi connectivity index (χ3n) is 4.61. The van der Waals surface area contributed by atoms with Gasteiger partial charge in [0.05, 0.1) is 10.6 Å². The fraction of sp³-hybridized carbons (Fsp3) is 0.0833. The Balaban J connectivity index is 1.56. The van der Waals surface area contributed by atoms with Crippen molar-refractivity contribution in [3.05, 3.63) is 99.4 Å². The molecule has 0 atom stereocenters. The number of carbonyl (C=O) groups excluding carboxylic acids is 2. The van der Waals surface area contributed by atoms with E-state index >= 15 is 0 Å². The van der Waals surface area contributed by atoms with E-state index in [2.05, 4.69) is 21.2 Å². The predicted octanol–water partition coefficient (Wildman–Crippen LogP) is 5.25. The molecular formula is C24H19BrN2O2S. The Morgan fingerprint density at radius 3 is 2.57 bits per heavy atom. The van der Waals surface area contributed by atoms with E-state index in [1.165, 1.54) is 11.8 Å². The number of amides is 2. The predicted molar refractivity (Wildman–Crippen MR) is 125 cm³/mol. The second kappa shape index (κ2) is 9.32. The lowest BCUT2D eigenvalue weighted by Gasteiger charge is -2.29. The second-order valence-corrected chi connectivity index (χ2v) is 8.79. The zero-order valence-corrected chi connectivity index (χ0v) is 18.4. The molecule has 0 aliphatic carbocycles. The van der Waals surface area contributed by atoms with Crippen LogP contribution in [0, 0.1) is 0 Å². The molecule has 1 N–H and O–H groups in total. The fourth-order valence-electron chi connectivity index (χ4n) is 3.16. The first-order chi connectivity index (χ1) is 14.6. The van der Waals surface area contributed by atoms with E-state index in [1.807, 2.05) is 84.9 Å². The molecule has 4 nitrogen and oxygen atoms in total. The van der Waals surface area contributed by atoms with Crippen LogP contribution < -0.4 is 10.2 Å². The van der Waals surface area contributed by atoms with E-state index in [9.17, 15) is 9.59 Å². The molecular weight excluding hydrogens is 460 g/mol. The smallest absolute Gasteiger partial charge is 0.265 e. The third kappa shape index (κ3) is 4.83. The Kier molecular flexibility index (Phi) is 6.35. The van der Waals surface area contributed by atoms with E-state index in [0.29, 0.717) is 11.4 Å². The van der Waals surface area contributed by atoms with Crippen LogP contribution in [0.3, 0.4) is 0 Å². The van der Waals surface area contributed by atoms with Gasteiger partial charge < -0.3 is 5.32 Å². The lowest BCUT2D eigenvalue weighted by atomic mass is 10.2. The molecule has 0 bridgehead atoms. The van der Waals surface area contributed by atoms with Crippen molar-refractivity contribution < 1.29 is 9.59 Å². The van der Waals surface area contributed by atoms with Gasteiger partial charge >= 0.3 is 0 Å². The average Bonchev–Trinajstić information content (AvgIpc) is 2.76. The maximum absolute atomic E-state index is 13.2. The minimum Gasteiger partial charge on any atom is -0.350 e. The molecule has 0 fully saturated rings. The molecule has 1 aliphatic heterocycles. The van der Waals surface area contributed by atoms with Gasteiger partial charge in [0.2, 0.25) is 5.91 Å². The van der Waals surface area contributed by atoms with Crippen molar-refractivity contribution >= 4 is 51.3 Å².